The second-order valence-electron chi connectivity index (χ2n) is 3.58. The van der Waals surface area contributed by atoms with Crippen molar-refractivity contribution in [1.82, 2.24) is 0 Å². The van der Waals surface area contributed by atoms with Crippen LogP contribution < -0.4 is 0 Å². The summed E-state index contributed by atoms with van der Waals surface area (Å²) in [7, 11) is 0. The van der Waals surface area contributed by atoms with Crippen molar-refractivity contribution in [3.8, 4) is 0 Å². The molecule has 0 aliphatic rings. The third-order valence-electron chi connectivity index (χ3n) is 2.04. The van der Waals surface area contributed by atoms with Crippen LogP contribution in [0.2, 0.25) is 0 Å². The predicted octanol–water partition coefficient (Wildman–Crippen LogP) is 2.31. The Labute approximate surface area is 95.6 Å². The number of carboxylic acid groups (broad SMARTS) is 1. The van der Waals surface area contributed by atoms with Crippen LogP contribution in [0, 0.1) is 0 Å². The minimum Gasteiger partial charge on any atom is -0.478 e. The second kappa shape index (κ2) is 7.68. The molecule has 0 saturated carbocycles. The van der Waals surface area contributed by atoms with Crippen LogP contribution in [-0.2, 0) is 14.3 Å². The van der Waals surface area contributed by atoms with Crippen molar-refractivity contribution in [3.63, 3.8) is 0 Å². The summed E-state index contributed by atoms with van der Waals surface area (Å²) in [6.07, 6.45) is 4.96. The van der Waals surface area contributed by atoms with E-state index in [9.17, 15) is 9.59 Å². The number of allylic oxidation sites excluding steroid dienone is 2. The smallest absolute Gasteiger partial charge is 0.330 e. The van der Waals surface area contributed by atoms with Crippen molar-refractivity contribution in [2.24, 2.45) is 0 Å². The predicted molar refractivity (Wildman–Crippen MR) is 61.0 cm³/mol. The van der Waals surface area contributed by atoms with Gasteiger partial charge in [-0.15, -0.1) is 0 Å². The lowest BCUT2D eigenvalue weighted by atomic mass is 10.1. The number of hydrogen-bond donors (Lipinski definition) is 1. The van der Waals surface area contributed by atoms with Crippen molar-refractivity contribution < 1.29 is 19.4 Å². The number of ether oxygens (including phenoxy) is 1. The van der Waals surface area contributed by atoms with Crippen LogP contribution in [0.5, 0.6) is 0 Å². The maximum atomic E-state index is 10.5. The van der Waals surface area contributed by atoms with Gasteiger partial charge in [-0.05, 0) is 32.8 Å². The average Bonchev–Trinajstić information content (AvgIpc) is 2.16. The first kappa shape index (κ1) is 14.4. The average molecular weight is 226 g/mol. The highest BCUT2D eigenvalue weighted by Crippen LogP contribution is 2.06. The van der Waals surface area contributed by atoms with Crippen molar-refractivity contribution in [3.05, 3.63) is 23.3 Å². The molecule has 4 heteroatoms. The van der Waals surface area contributed by atoms with Gasteiger partial charge in [0.1, 0.15) is 6.61 Å². The Balaban J connectivity index is 3.89. The van der Waals surface area contributed by atoms with Gasteiger partial charge in [0, 0.05) is 12.5 Å². The molecule has 0 aromatic rings. The summed E-state index contributed by atoms with van der Waals surface area (Å²) >= 11 is 0. The standard InChI is InChI=1S/C12H18O4/c1-9(7-8-16-11(3)13)5-4-6-10(2)12(14)15/h6-7H,4-5,8H2,1-3H3,(H,14,15). The molecule has 90 valence electrons. The van der Waals surface area contributed by atoms with Crippen LogP contribution >= 0.6 is 0 Å². The molecule has 0 aliphatic heterocycles. The zero-order valence-electron chi connectivity index (χ0n) is 9.95. The Bertz CT molecular complexity index is 313. The monoisotopic (exact) mass is 226 g/mol. The number of carbonyl (C=O) groups excluding carboxylic acids is 1. The molecule has 0 spiro atoms. The maximum Gasteiger partial charge on any atom is 0.330 e. The summed E-state index contributed by atoms with van der Waals surface area (Å²) in [4.78, 5) is 21.0. The van der Waals surface area contributed by atoms with Crippen molar-refractivity contribution >= 4 is 11.9 Å². The van der Waals surface area contributed by atoms with Crippen molar-refractivity contribution in [2.75, 3.05) is 6.61 Å². The number of aliphatic carboxylic acids is 1. The number of esters is 1. The molecule has 0 amide bonds. The summed E-state index contributed by atoms with van der Waals surface area (Å²) < 4.78 is 4.75. The van der Waals surface area contributed by atoms with Gasteiger partial charge in [-0.1, -0.05) is 11.6 Å². The van der Waals surface area contributed by atoms with Gasteiger partial charge in [0.05, 0.1) is 0 Å². The van der Waals surface area contributed by atoms with Gasteiger partial charge < -0.3 is 9.84 Å². The van der Waals surface area contributed by atoms with Crippen LogP contribution in [0.25, 0.3) is 0 Å². The Morgan fingerprint density at radius 3 is 2.31 bits per heavy atom. The molecule has 0 heterocycles. The first-order chi connectivity index (χ1) is 7.43. The molecule has 0 unspecified atom stereocenters. The summed E-state index contributed by atoms with van der Waals surface area (Å²) in [5.74, 6) is -1.19. The molecule has 0 radical (unpaired) electrons. The van der Waals surface area contributed by atoms with Gasteiger partial charge in [0.15, 0.2) is 0 Å². The van der Waals surface area contributed by atoms with Crippen molar-refractivity contribution in [2.45, 2.75) is 33.6 Å². The lowest BCUT2D eigenvalue weighted by Crippen LogP contribution is -1.98. The molecular weight excluding hydrogens is 208 g/mol. The third kappa shape index (κ3) is 7.79. The van der Waals surface area contributed by atoms with E-state index in [0.717, 1.165) is 12.0 Å². The second-order valence-corrected chi connectivity index (χ2v) is 3.58. The van der Waals surface area contributed by atoms with Gasteiger partial charge in [0.25, 0.3) is 0 Å². The van der Waals surface area contributed by atoms with Gasteiger partial charge in [-0.25, -0.2) is 4.79 Å². The largest absolute Gasteiger partial charge is 0.478 e. The zero-order valence-corrected chi connectivity index (χ0v) is 9.95. The van der Waals surface area contributed by atoms with Crippen LogP contribution in [0.4, 0.5) is 0 Å². The first-order valence-electron chi connectivity index (χ1n) is 5.12. The highest BCUT2D eigenvalue weighted by molar-refractivity contribution is 5.85. The van der Waals surface area contributed by atoms with Gasteiger partial charge in [-0.3, -0.25) is 4.79 Å². The molecule has 1 N–H and O–H groups in total. The van der Waals surface area contributed by atoms with Gasteiger partial charge in [0.2, 0.25) is 0 Å². The number of carboxylic acids is 1. The Morgan fingerprint density at radius 2 is 1.81 bits per heavy atom. The van der Waals surface area contributed by atoms with Crippen LogP contribution in [-0.4, -0.2) is 23.7 Å². The van der Waals surface area contributed by atoms with E-state index in [1.54, 1.807) is 13.0 Å². The van der Waals surface area contributed by atoms with Gasteiger partial charge >= 0.3 is 11.9 Å². The molecule has 16 heavy (non-hydrogen) atoms. The zero-order chi connectivity index (χ0) is 12.6. The Morgan fingerprint density at radius 1 is 1.19 bits per heavy atom. The normalized spacial score (nSPS) is 12.4. The topological polar surface area (TPSA) is 63.6 Å². The van der Waals surface area contributed by atoms with Crippen LogP contribution in [0.15, 0.2) is 23.3 Å². The highest BCUT2D eigenvalue weighted by Gasteiger charge is 1.98. The van der Waals surface area contributed by atoms with Crippen molar-refractivity contribution in [1.29, 1.82) is 0 Å². The van der Waals surface area contributed by atoms with E-state index in [4.69, 9.17) is 9.84 Å². The van der Waals surface area contributed by atoms with Gasteiger partial charge in [-0.2, -0.15) is 0 Å². The number of hydrogen-bond acceptors (Lipinski definition) is 3. The minimum atomic E-state index is -0.887. The molecule has 0 rings (SSSR count). The minimum absolute atomic E-state index is 0.281. The lowest BCUT2D eigenvalue weighted by Gasteiger charge is -2.00. The molecular formula is C12H18O4. The van der Waals surface area contributed by atoms with E-state index in [0.29, 0.717) is 12.0 Å². The number of carbonyl (C=O) groups is 2. The molecule has 0 bridgehead atoms. The fraction of sp³-hybridized carbons (Fsp3) is 0.500. The maximum absolute atomic E-state index is 10.5. The SMILES string of the molecule is CC(=O)OCC=C(C)CCC=C(C)C(=O)O. The summed E-state index contributed by atoms with van der Waals surface area (Å²) in [6, 6.07) is 0. The Kier molecular flexibility index (Phi) is 6.92. The molecule has 0 saturated heterocycles. The summed E-state index contributed by atoms with van der Waals surface area (Å²) in [5, 5.41) is 8.61. The highest BCUT2D eigenvalue weighted by atomic mass is 16.5. The quantitative estimate of drug-likeness (QED) is 0.429. The van der Waals surface area contributed by atoms with E-state index in [1.165, 1.54) is 6.92 Å². The van der Waals surface area contributed by atoms with E-state index >= 15 is 0 Å². The Hall–Kier alpha value is -1.58. The third-order valence-corrected chi connectivity index (χ3v) is 2.04. The first-order valence-corrected chi connectivity index (χ1v) is 5.12. The summed E-state index contributed by atoms with van der Waals surface area (Å²) in [6.45, 7) is 5.14. The van der Waals surface area contributed by atoms with E-state index in [2.05, 4.69) is 0 Å². The molecule has 0 aromatic carbocycles. The fourth-order valence-electron chi connectivity index (χ4n) is 1.01. The van der Waals surface area contributed by atoms with Crippen LogP contribution in [0.1, 0.15) is 33.6 Å². The fourth-order valence-corrected chi connectivity index (χ4v) is 1.01. The molecule has 0 aromatic heterocycles. The molecule has 0 aliphatic carbocycles. The van der Waals surface area contributed by atoms with E-state index in [-0.39, 0.29) is 12.6 Å². The molecule has 4 nitrogen and oxygen atoms in total. The lowest BCUT2D eigenvalue weighted by molar-refractivity contribution is -0.139. The molecule has 0 fully saturated rings. The van der Waals surface area contributed by atoms with E-state index < -0.39 is 5.97 Å². The number of rotatable bonds is 6. The molecule has 0 atom stereocenters. The summed E-state index contributed by atoms with van der Waals surface area (Å²) in [5.41, 5.74) is 1.43. The van der Waals surface area contributed by atoms with Crippen LogP contribution in [0.3, 0.4) is 0 Å². The van der Waals surface area contributed by atoms with E-state index in [1.807, 2.05) is 13.0 Å².